The number of carbonyl (C=O) groups excluding carboxylic acids is 1. The van der Waals surface area contributed by atoms with Gasteiger partial charge >= 0.3 is 5.97 Å². The number of hydrogen-bond donors (Lipinski definition) is 2. The Labute approximate surface area is 114 Å². The molecule has 1 heterocycles. The lowest BCUT2D eigenvalue weighted by Gasteiger charge is -2.21. The molecule has 1 atom stereocenters. The Morgan fingerprint density at radius 1 is 1.47 bits per heavy atom. The lowest BCUT2D eigenvalue weighted by Crippen LogP contribution is -2.40. The maximum atomic E-state index is 11.0. The molecule has 0 amide bonds. The van der Waals surface area contributed by atoms with Crippen molar-refractivity contribution in [3.8, 4) is 0 Å². The highest BCUT2D eigenvalue weighted by molar-refractivity contribution is 5.80. The van der Waals surface area contributed by atoms with Crippen molar-refractivity contribution in [2.45, 2.75) is 38.7 Å². The molecule has 1 saturated heterocycles. The first-order valence-electron chi connectivity index (χ1n) is 6.82. The Morgan fingerprint density at radius 2 is 2.26 bits per heavy atom. The minimum absolute atomic E-state index is 0.148. The molecule has 0 aliphatic carbocycles. The summed E-state index contributed by atoms with van der Waals surface area (Å²) in [5.41, 5.74) is -0.148. The summed E-state index contributed by atoms with van der Waals surface area (Å²) in [4.78, 5) is 15.5. The molecule has 1 rings (SSSR count). The zero-order valence-corrected chi connectivity index (χ0v) is 12.1. The van der Waals surface area contributed by atoms with Gasteiger partial charge in [-0.2, -0.15) is 0 Å². The minimum Gasteiger partial charge on any atom is -0.469 e. The number of nitrogens with zero attached hydrogens (tertiary/aromatic N) is 1. The Kier molecular flexibility index (Phi) is 6.62. The molecule has 2 N–H and O–H groups in total. The van der Waals surface area contributed by atoms with Gasteiger partial charge in [-0.3, -0.25) is 9.79 Å². The van der Waals surface area contributed by atoms with Gasteiger partial charge in [0.15, 0.2) is 5.96 Å². The lowest BCUT2D eigenvalue weighted by molar-refractivity contribution is -0.140. The maximum Gasteiger partial charge on any atom is 0.307 e. The van der Waals surface area contributed by atoms with Crippen LogP contribution in [0.5, 0.6) is 0 Å². The highest BCUT2D eigenvalue weighted by Crippen LogP contribution is 2.24. The summed E-state index contributed by atoms with van der Waals surface area (Å²) in [6.07, 6.45) is 2.46. The molecular weight excluding hydrogens is 246 g/mol. The normalized spacial score (nSPS) is 23.2. The van der Waals surface area contributed by atoms with Crippen molar-refractivity contribution in [3.05, 3.63) is 0 Å². The Bertz CT molecular complexity index is 312. The summed E-state index contributed by atoms with van der Waals surface area (Å²) in [5.74, 6) is 0.484. The predicted molar refractivity (Wildman–Crippen MR) is 74.2 cm³/mol. The molecule has 1 unspecified atom stereocenters. The van der Waals surface area contributed by atoms with Crippen LogP contribution in [-0.2, 0) is 14.3 Å². The van der Waals surface area contributed by atoms with Crippen LogP contribution in [0.4, 0.5) is 0 Å². The number of guanidine groups is 1. The smallest absolute Gasteiger partial charge is 0.307 e. The quantitative estimate of drug-likeness (QED) is 0.422. The Hall–Kier alpha value is -1.30. The molecule has 1 fully saturated rings. The van der Waals surface area contributed by atoms with Crippen molar-refractivity contribution in [2.24, 2.45) is 4.99 Å². The first kappa shape index (κ1) is 15.8. The Balaban J connectivity index is 2.39. The number of carbonyl (C=O) groups is 1. The molecule has 0 aromatic carbocycles. The molecule has 0 bridgehead atoms. The molecule has 19 heavy (non-hydrogen) atoms. The molecule has 0 aromatic rings. The van der Waals surface area contributed by atoms with Gasteiger partial charge in [0.2, 0.25) is 0 Å². The second kappa shape index (κ2) is 7.99. The summed E-state index contributed by atoms with van der Waals surface area (Å²) in [5, 5.41) is 6.26. The van der Waals surface area contributed by atoms with E-state index in [1.54, 1.807) is 0 Å². The van der Waals surface area contributed by atoms with Gasteiger partial charge in [0.25, 0.3) is 0 Å². The number of esters is 1. The van der Waals surface area contributed by atoms with E-state index in [2.05, 4.69) is 27.3 Å². The van der Waals surface area contributed by atoms with Gasteiger partial charge in [-0.25, -0.2) is 0 Å². The molecule has 1 aliphatic heterocycles. The topological polar surface area (TPSA) is 72.0 Å². The van der Waals surface area contributed by atoms with E-state index in [1.165, 1.54) is 7.11 Å². The van der Waals surface area contributed by atoms with Crippen LogP contribution in [0.1, 0.15) is 33.1 Å². The average molecular weight is 271 g/mol. The highest BCUT2D eigenvalue weighted by Gasteiger charge is 2.29. The third-order valence-corrected chi connectivity index (χ3v) is 3.07. The lowest BCUT2D eigenvalue weighted by atomic mass is 10.0. The molecule has 0 saturated carbocycles. The fourth-order valence-corrected chi connectivity index (χ4v) is 1.93. The summed E-state index contributed by atoms with van der Waals surface area (Å²) >= 11 is 0. The molecule has 6 nitrogen and oxygen atoms in total. The zero-order valence-electron chi connectivity index (χ0n) is 12.1. The number of nitrogens with one attached hydrogen (secondary N) is 2. The number of rotatable bonds is 6. The van der Waals surface area contributed by atoms with Gasteiger partial charge in [0.05, 0.1) is 25.7 Å². The molecule has 110 valence electrons. The van der Waals surface area contributed by atoms with Gasteiger partial charge in [-0.15, -0.1) is 0 Å². The van der Waals surface area contributed by atoms with Crippen LogP contribution in [0.2, 0.25) is 0 Å². The molecule has 0 aromatic heterocycles. The van der Waals surface area contributed by atoms with E-state index >= 15 is 0 Å². The molecule has 0 spiro atoms. The fourth-order valence-electron chi connectivity index (χ4n) is 1.93. The number of ether oxygens (including phenoxy) is 2. The van der Waals surface area contributed by atoms with E-state index in [1.807, 2.05) is 6.92 Å². The van der Waals surface area contributed by atoms with E-state index < -0.39 is 0 Å². The predicted octanol–water partition coefficient (Wildman–Crippen LogP) is 0.674. The van der Waals surface area contributed by atoms with Gasteiger partial charge in [-0.05, 0) is 26.7 Å². The summed E-state index contributed by atoms with van der Waals surface area (Å²) in [7, 11) is 1.39. The van der Waals surface area contributed by atoms with Gasteiger partial charge in [0.1, 0.15) is 0 Å². The molecule has 1 aliphatic rings. The van der Waals surface area contributed by atoms with Gasteiger partial charge < -0.3 is 20.1 Å². The van der Waals surface area contributed by atoms with Crippen molar-refractivity contribution < 1.29 is 14.3 Å². The first-order valence-corrected chi connectivity index (χ1v) is 6.82. The van der Waals surface area contributed by atoms with Crippen LogP contribution in [0.15, 0.2) is 4.99 Å². The average Bonchev–Trinajstić information content (AvgIpc) is 2.83. The maximum absolute atomic E-state index is 11.0. The molecular formula is C13H25N3O3. The van der Waals surface area contributed by atoms with Crippen LogP contribution in [0.3, 0.4) is 0 Å². The zero-order chi connectivity index (χ0) is 14.1. The minimum atomic E-state index is -0.227. The van der Waals surface area contributed by atoms with E-state index in [0.29, 0.717) is 25.5 Å². The highest BCUT2D eigenvalue weighted by atomic mass is 16.5. The fraction of sp³-hybridized carbons (Fsp3) is 0.846. The third-order valence-electron chi connectivity index (χ3n) is 3.07. The SMILES string of the molecule is CCNC(=NCC1(C)CCCO1)NCCC(=O)OC. The monoisotopic (exact) mass is 271 g/mol. The van der Waals surface area contributed by atoms with Crippen LogP contribution in [-0.4, -0.2) is 50.9 Å². The van der Waals surface area contributed by atoms with Crippen LogP contribution in [0.25, 0.3) is 0 Å². The van der Waals surface area contributed by atoms with Gasteiger partial charge in [-0.1, -0.05) is 0 Å². The van der Waals surface area contributed by atoms with Crippen LogP contribution >= 0.6 is 0 Å². The standard InChI is InChI=1S/C13H25N3O3/c1-4-14-12(15-8-6-11(17)18-3)16-10-13(2)7-5-9-19-13/h4-10H2,1-3H3,(H2,14,15,16). The van der Waals surface area contributed by atoms with Crippen molar-refractivity contribution in [1.82, 2.24) is 10.6 Å². The molecule has 0 radical (unpaired) electrons. The van der Waals surface area contributed by atoms with E-state index in [4.69, 9.17) is 4.74 Å². The largest absolute Gasteiger partial charge is 0.469 e. The third kappa shape index (κ3) is 5.92. The number of methoxy groups -OCH3 is 1. The Morgan fingerprint density at radius 3 is 2.84 bits per heavy atom. The summed E-state index contributed by atoms with van der Waals surface area (Å²) in [6.45, 7) is 6.82. The van der Waals surface area contributed by atoms with Crippen LogP contribution in [0, 0.1) is 0 Å². The van der Waals surface area contributed by atoms with Crippen molar-refractivity contribution in [3.63, 3.8) is 0 Å². The summed E-state index contributed by atoms with van der Waals surface area (Å²) in [6, 6.07) is 0. The van der Waals surface area contributed by atoms with E-state index in [0.717, 1.165) is 26.0 Å². The number of hydrogen-bond acceptors (Lipinski definition) is 4. The van der Waals surface area contributed by atoms with E-state index in [-0.39, 0.29) is 11.6 Å². The van der Waals surface area contributed by atoms with Crippen molar-refractivity contribution in [1.29, 1.82) is 0 Å². The second-order valence-electron chi connectivity index (χ2n) is 4.85. The van der Waals surface area contributed by atoms with Gasteiger partial charge in [0, 0.05) is 19.7 Å². The summed E-state index contributed by atoms with van der Waals surface area (Å²) < 4.78 is 10.3. The van der Waals surface area contributed by atoms with Crippen LogP contribution < -0.4 is 10.6 Å². The van der Waals surface area contributed by atoms with Crippen molar-refractivity contribution in [2.75, 3.05) is 33.4 Å². The molecule has 6 heteroatoms. The second-order valence-corrected chi connectivity index (χ2v) is 4.85. The first-order chi connectivity index (χ1) is 9.09. The number of aliphatic imine (C=N–C) groups is 1. The van der Waals surface area contributed by atoms with Crippen molar-refractivity contribution >= 4 is 11.9 Å². The van der Waals surface area contributed by atoms with E-state index in [9.17, 15) is 4.79 Å².